The summed E-state index contributed by atoms with van der Waals surface area (Å²) < 4.78 is 1.92. The van der Waals surface area contributed by atoms with Crippen molar-refractivity contribution < 1.29 is 4.79 Å². The van der Waals surface area contributed by atoms with Crippen LogP contribution in [0.1, 0.15) is 15.9 Å². The van der Waals surface area contributed by atoms with Gasteiger partial charge in [-0.25, -0.2) is 5.43 Å². The number of carbonyl (C=O) groups excluding carboxylic acids is 1. The number of fused-ring (bicyclic) bond motifs is 1. The molecule has 0 aliphatic carbocycles. The van der Waals surface area contributed by atoms with Gasteiger partial charge in [0.2, 0.25) is 0 Å². The van der Waals surface area contributed by atoms with Gasteiger partial charge in [-0.3, -0.25) is 4.79 Å². The Morgan fingerprint density at radius 2 is 1.91 bits per heavy atom. The topological polar surface area (TPSA) is 46.4 Å². The highest BCUT2D eigenvalue weighted by Gasteiger charge is 2.12. The maximum absolute atomic E-state index is 12.3. The summed E-state index contributed by atoms with van der Waals surface area (Å²) in [5.74, 6) is -0.234. The lowest BCUT2D eigenvalue weighted by molar-refractivity contribution is 0.0956. The van der Waals surface area contributed by atoms with Crippen LogP contribution >= 0.6 is 11.6 Å². The summed E-state index contributed by atoms with van der Waals surface area (Å²) in [5, 5.41) is 5.56. The van der Waals surface area contributed by atoms with E-state index >= 15 is 0 Å². The van der Waals surface area contributed by atoms with E-state index in [4.69, 9.17) is 11.6 Å². The molecule has 2 aromatic carbocycles. The molecule has 3 rings (SSSR count). The van der Waals surface area contributed by atoms with Crippen LogP contribution < -0.4 is 5.43 Å². The van der Waals surface area contributed by atoms with Gasteiger partial charge in [0, 0.05) is 29.2 Å². The van der Waals surface area contributed by atoms with E-state index in [0.717, 1.165) is 16.5 Å². The molecule has 1 heterocycles. The number of para-hydroxylation sites is 1. The van der Waals surface area contributed by atoms with E-state index in [1.165, 1.54) is 0 Å². The third-order valence-electron chi connectivity index (χ3n) is 3.39. The summed E-state index contributed by atoms with van der Waals surface area (Å²) in [6.45, 7) is 0. The van der Waals surface area contributed by atoms with Crippen LogP contribution in [0.3, 0.4) is 0 Å². The smallest absolute Gasteiger partial charge is 0.273 e. The van der Waals surface area contributed by atoms with Gasteiger partial charge in [0.15, 0.2) is 0 Å². The van der Waals surface area contributed by atoms with Crippen molar-refractivity contribution >= 4 is 34.6 Å². The largest absolute Gasteiger partial charge is 0.350 e. The van der Waals surface area contributed by atoms with Crippen molar-refractivity contribution in [2.75, 3.05) is 0 Å². The molecule has 0 radical (unpaired) electrons. The van der Waals surface area contributed by atoms with E-state index in [1.54, 1.807) is 24.5 Å². The average molecular weight is 312 g/mol. The van der Waals surface area contributed by atoms with Gasteiger partial charge in [-0.15, -0.1) is 0 Å². The van der Waals surface area contributed by atoms with Crippen LogP contribution in [-0.4, -0.2) is 16.7 Å². The molecule has 0 spiro atoms. The molecular formula is C17H14ClN3O. The minimum Gasteiger partial charge on any atom is -0.350 e. The number of nitrogens with one attached hydrogen (secondary N) is 1. The first-order valence-electron chi connectivity index (χ1n) is 6.78. The van der Waals surface area contributed by atoms with Crippen LogP contribution in [0, 0.1) is 0 Å². The SMILES string of the molecule is Cn1cc(C(=O)N/N=C\c2ccc(Cl)cc2)c2ccccc21. The highest BCUT2D eigenvalue weighted by atomic mass is 35.5. The van der Waals surface area contributed by atoms with E-state index < -0.39 is 0 Å². The van der Waals surface area contributed by atoms with E-state index in [2.05, 4.69) is 10.5 Å². The lowest BCUT2D eigenvalue weighted by Gasteiger charge is -1.98. The lowest BCUT2D eigenvalue weighted by Crippen LogP contribution is -2.17. The van der Waals surface area contributed by atoms with Crippen molar-refractivity contribution in [3.8, 4) is 0 Å². The molecule has 0 aliphatic heterocycles. The number of hydrogen-bond donors (Lipinski definition) is 1. The normalized spacial score (nSPS) is 11.2. The quantitative estimate of drug-likeness (QED) is 0.583. The first kappa shape index (κ1) is 14.4. The van der Waals surface area contributed by atoms with Crippen molar-refractivity contribution in [2.24, 2.45) is 12.1 Å². The summed E-state index contributed by atoms with van der Waals surface area (Å²) in [7, 11) is 1.91. The van der Waals surface area contributed by atoms with E-state index in [-0.39, 0.29) is 5.91 Å². The lowest BCUT2D eigenvalue weighted by atomic mass is 10.2. The first-order valence-corrected chi connectivity index (χ1v) is 7.16. The molecule has 0 unspecified atom stereocenters. The van der Waals surface area contributed by atoms with Crippen LogP contribution in [0.25, 0.3) is 10.9 Å². The number of aryl methyl sites for hydroxylation is 1. The minimum absolute atomic E-state index is 0.234. The van der Waals surface area contributed by atoms with Crippen LogP contribution in [0.5, 0.6) is 0 Å². The molecule has 5 heteroatoms. The molecular weight excluding hydrogens is 298 g/mol. The Morgan fingerprint density at radius 1 is 1.18 bits per heavy atom. The predicted octanol–water partition coefficient (Wildman–Crippen LogP) is 3.60. The first-order chi connectivity index (χ1) is 10.6. The number of rotatable bonds is 3. The molecule has 0 fully saturated rings. The second-order valence-corrected chi connectivity index (χ2v) is 5.36. The van der Waals surface area contributed by atoms with Gasteiger partial charge in [0.25, 0.3) is 5.91 Å². The standard InChI is InChI=1S/C17H14ClN3O/c1-21-11-15(14-4-2-3-5-16(14)21)17(22)20-19-10-12-6-8-13(18)9-7-12/h2-11H,1H3,(H,20,22)/b19-10-. The van der Waals surface area contributed by atoms with Gasteiger partial charge in [-0.2, -0.15) is 5.10 Å². The Bertz CT molecular complexity index is 850. The van der Waals surface area contributed by atoms with E-state index in [9.17, 15) is 4.79 Å². The number of aromatic nitrogens is 1. The number of benzene rings is 2. The molecule has 0 aliphatic rings. The number of hydrazone groups is 1. The summed E-state index contributed by atoms with van der Waals surface area (Å²) in [6.07, 6.45) is 3.39. The third-order valence-corrected chi connectivity index (χ3v) is 3.64. The Hall–Kier alpha value is -2.59. The Balaban J connectivity index is 1.78. The molecule has 0 saturated carbocycles. The molecule has 3 aromatic rings. The zero-order valence-corrected chi connectivity index (χ0v) is 12.7. The van der Waals surface area contributed by atoms with Gasteiger partial charge < -0.3 is 4.57 Å². The van der Waals surface area contributed by atoms with Gasteiger partial charge >= 0.3 is 0 Å². The number of hydrogen-bond acceptors (Lipinski definition) is 2. The Morgan fingerprint density at radius 3 is 2.68 bits per heavy atom. The molecule has 0 saturated heterocycles. The highest BCUT2D eigenvalue weighted by Crippen LogP contribution is 2.20. The van der Waals surface area contributed by atoms with E-state index in [0.29, 0.717) is 10.6 Å². The van der Waals surface area contributed by atoms with Crippen LogP contribution in [0.15, 0.2) is 59.8 Å². The van der Waals surface area contributed by atoms with Crippen molar-refractivity contribution in [2.45, 2.75) is 0 Å². The Labute approximate surface area is 133 Å². The fourth-order valence-corrected chi connectivity index (χ4v) is 2.42. The average Bonchev–Trinajstić information content (AvgIpc) is 2.87. The molecule has 1 amide bonds. The van der Waals surface area contributed by atoms with Crippen molar-refractivity contribution in [1.29, 1.82) is 0 Å². The number of carbonyl (C=O) groups is 1. The van der Waals surface area contributed by atoms with Gasteiger partial charge in [-0.1, -0.05) is 41.9 Å². The summed E-state index contributed by atoms with van der Waals surface area (Å²) in [5.41, 5.74) is 5.03. The molecule has 22 heavy (non-hydrogen) atoms. The molecule has 110 valence electrons. The Kier molecular flexibility index (Phi) is 3.94. The van der Waals surface area contributed by atoms with Crippen molar-refractivity contribution in [1.82, 2.24) is 9.99 Å². The van der Waals surface area contributed by atoms with Crippen LogP contribution in [-0.2, 0) is 7.05 Å². The molecule has 0 atom stereocenters. The van der Waals surface area contributed by atoms with Gasteiger partial charge in [-0.05, 0) is 23.8 Å². The van der Waals surface area contributed by atoms with E-state index in [1.807, 2.05) is 48.0 Å². The predicted molar refractivity (Wildman–Crippen MR) is 89.4 cm³/mol. The summed E-state index contributed by atoms with van der Waals surface area (Å²) >= 11 is 5.82. The minimum atomic E-state index is -0.234. The molecule has 1 aromatic heterocycles. The fourth-order valence-electron chi connectivity index (χ4n) is 2.30. The highest BCUT2D eigenvalue weighted by molar-refractivity contribution is 6.30. The van der Waals surface area contributed by atoms with Crippen LogP contribution in [0.2, 0.25) is 5.02 Å². The molecule has 0 bridgehead atoms. The second kappa shape index (κ2) is 6.03. The van der Waals surface area contributed by atoms with Crippen molar-refractivity contribution in [3.63, 3.8) is 0 Å². The summed E-state index contributed by atoms with van der Waals surface area (Å²) in [6, 6.07) is 15.0. The third kappa shape index (κ3) is 2.87. The zero-order valence-electron chi connectivity index (χ0n) is 12.0. The van der Waals surface area contributed by atoms with Crippen LogP contribution in [0.4, 0.5) is 0 Å². The monoisotopic (exact) mass is 311 g/mol. The second-order valence-electron chi connectivity index (χ2n) is 4.92. The molecule has 4 nitrogen and oxygen atoms in total. The number of nitrogens with zero attached hydrogens (tertiary/aromatic N) is 2. The van der Waals surface area contributed by atoms with Crippen molar-refractivity contribution in [3.05, 3.63) is 70.9 Å². The maximum atomic E-state index is 12.3. The van der Waals surface area contributed by atoms with Gasteiger partial charge in [0.1, 0.15) is 0 Å². The fraction of sp³-hybridized carbons (Fsp3) is 0.0588. The summed E-state index contributed by atoms with van der Waals surface area (Å²) in [4.78, 5) is 12.3. The molecule has 1 N–H and O–H groups in total. The maximum Gasteiger partial charge on any atom is 0.273 e. The number of halogens is 1. The number of amides is 1. The zero-order chi connectivity index (χ0) is 15.5. The van der Waals surface area contributed by atoms with Gasteiger partial charge in [0.05, 0.1) is 11.8 Å².